The van der Waals surface area contributed by atoms with Gasteiger partial charge in [-0.25, -0.2) is 23.1 Å². The maximum absolute atomic E-state index is 13.4. The van der Waals surface area contributed by atoms with Gasteiger partial charge in [0.25, 0.3) is 0 Å². The number of nitrogen functional groups attached to an aromatic ring is 1. The van der Waals surface area contributed by atoms with E-state index < -0.39 is 21.2 Å². The zero-order valence-corrected chi connectivity index (χ0v) is 20.6. The Balaban J connectivity index is 1.47. The molecule has 3 aliphatic rings. The highest BCUT2D eigenvalue weighted by Crippen LogP contribution is 2.44. The van der Waals surface area contributed by atoms with Crippen LogP contribution >= 0.6 is 0 Å². The average Bonchev–Trinajstić information content (AvgIpc) is 2.85. The number of nitrogens with two attached hydrogens (primary N) is 1. The van der Waals surface area contributed by atoms with Gasteiger partial charge in [-0.2, -0.15) is 0 Å². The number of aromatic nitrogens is 3. The van der Waals surface area contributed by atoms with Crippen molar-refractivity contribution in [3.63, 3.8) is 0 Å². The molecular weight excluding hydrogens is 466 g/mol. The number of anilines is 1. The number of nitrogens with zero attached hydrogens (tertiary/aromatic N) is 3. The Morgan fingerprint density at radius 1 is 1.11 bits per heavy atom. The number of pyridine rings is 1. The van der Waals surface area contributed by atoms with E-state index in [1.807, 2.05) is 26.0 Å². The topological polar surface area (TPSA) is 140 Å². The van der Waals surface area contributed by atoms with Gasteiger partial charge >= 0.3 is 0 Å². The summed E-state index contributed by atoms with van der Waals surface area (Å²) in [6.45, 7) is 4.00. The quantitative estimate of drug-likeness (QED) is 0.474. The first-order valence-corrected chi connectivity index (χ1v) is 13.1. The molecule has 1 aromatic carbocycles. The number of ether oxygens (including phenoxy) is 1. The highest BCUT2D eigenvalue weighted by atomic mass is 32.2. The van der Waals surface area contributed by atoms with Crippen molar-refractivity contribution >= 4 is 15.8 Å². The van der Waals surface area contributed by atoms with Gasteiger partial charge < -0.3 is 15.6 Å². The molecule has 4 N–H and O–H groups in total. The molecule has 0 amide bonds. The molecule has 4 heterocycles. The van der Waals surface area contributed by atoms with Crippen LogP contribution in [0.4, 0.5) is 5.82 Å². The molecule has 0 atom stereocenters. The summed E-state index contributed by atoms with van der Waals surface area (Å²) in [5.41, 5.74) is 9.13. The Morgan fingerprint density at radius 3 is 2.54 bits per heavy atom. The number of nitrogens with one attached hydrogen (secondary N) is 1. The molecule has 2 aromatic heterocycles. The van der Waals surface area contributed by atoms with E-state index in [0.29, 0.717) is 42.6 Å². The molecule has 3 fully saturated rings. The summed E-state index contributed by atoms with van der Waals surface area (Å²) < 4.78 is 35.6. The SMILES string of the molecule is Cc1cc(-c2nc(-c3cc(S(=O)(=O)NC45CCC(CO)(CC4)OC5)ccc3C)cnc2N)ccn1. The van der Waals surface area contributed by atoms with Crippen LogP contribution in [0.2, 0.25) is 0 Å². The van der Waals surface area contributed by atoms with E-state index in [4.69, 9.17) is 15.5 Å². The number of hydrogen-bond acceptors (Lipinski definition) is 8. The number of benzene rings is 1. The van der Waals surface area contributed by atoms with Gasteiger partial charge in [-0.15, -0.1) is 0 Å². The predicted octanol–water partition coefficient (Wildman–Crippen LogP) is 2.76. The van der Waals surface area contributed by atoms with E-state index in [1.165, 1.54) is 0 Å². The van der Waals surface area contributed by atoms with Crippen molar-refractivity contribution < 1.29 is 18.3 Å². The van der Waals surface area contributed by atoms with Crippen LogP contribution in [0.1, 0.15) is 36.9 Å². The number of fused-ring (bicyclic) bond motifs is 3. The highest BCUT2D eigenvalue weighted by Gasteiger charge is 2.51. The number of aryl methyl sites for hydroxylation is 2. The van der Waals surface area contributed by atoms with E-state index in [-0.39, 0.29) is 23.9 Å². The van der Waals surface area contributed by atoms with Gasteiger partial charge in [0.15, 0.2) is 0 Å². The lowest BCUT2D eigenvalue weighted by molar-refractivity contribution is -0.175. The van der Waals surface area contributed by atoms with Gasteiger partial charge in [0.1, 0.15) is 11.5 Å². The first kappa shape index (κ1) is 23.8. The fourth-order valence-electron chi connectivity index (χ4n) is 4.92. The molecule has 2 bridgehead atoms. The Labute approximate surface area is 204 Å². The monoisotopic (exact) mass is 495 g/mol. The van der Waals surface area contributed by atoms with Crippen molar-refractivity contribution in [2.45, 2.75) is 55.6 Å². The van der Waals surface area contributed by atoms with Crippen molar-refractivity contribution in [3.05, 3.63) is 54.0 Å². The molecule has 1 saturated carbocycles. The van der Waals surface area contributed by atoms with Crippen LogP contribution in [-0.4, -0.2) is 52.8 Å². The number of rotatable bonds is 6. The van der Waals surface area contributed by atoms with Gasteiger partial charge in [-0.3, -0.25) is 4.98 Å². The van der Waals surface area contributed by atoms with Gasteiger partial charge in [-0.05, 0) is 69.4 Å². The molecule has 2 aliphatic heterocycles. The minimum absolute atomic E-state index is 0.0408. The van der Waals surface area contributed by atoms with Gasteiger partial charge in [0.05, 0.1) is 41.1 Å². The lowest BCUT2D eigenvalue weighted by Gasteiger charge is -2.52. The van der Waals surface area contributed by atoms with Crippen LogP contribution in [0.3, 0.4) is 0 Å². The van der Waals surface area contributed by atoms with E-state index in [9.17, 15) is 13.5 Å². The molecular formula is C25H29N5O4S. The minimum atomic E-state index is -3.83. The van der Waals surface area contributed by atoms with Crippen molar-refractivity contribution in [2.75, 3.05) is 18.9 Å². The van der Waals surface area contributed by atoms with E-state index in [2.05, 4.69) is 14.7 Å². The van der Waals surface area contributed by atoms with Crippen LogP contribution in [-0.2, 0) is 14.8 Å². The molecule has 1 aliphatic carbocycles. The molecule has 2 saturated heterocycles. The van der Waals surface area contributed by atoms with Crippen molar-refractivity contribution in [2.24, 2.45) is 0 Å². The lowest BCUT2D eigenvalue weighted by Crippen LogP contribution is -2.63. The molecule has 3 aromatic rings. The van der Waals surface area contributed by atoms with Crippen LogP contribution in [0.5, 0.6) is 0 Å². The minimum Gasteiger partial charge on any atom is -0.393 e. The lowest BCUT2D eigenvalue weighted by atomic mass is 9.72. The van der Waals surface area contributed by atoms with E-state index in [1.54, 1.807) is 30.6 Å². The molecule has 0 radical (unpaired) electrons. The number of aliphatic hydroxyl groups is 1. The maximum Gasteiger partial charge on any atom is 0.241 e. The molecule has 184 valence electrons. The number of hydrogen-bond donors (Lipinski definition) is 3. The third kappa shape index (κ3) is 4.42. The smallest absolute Gasteiger partial charge is 0.241 e. The summed E-state index contributed by atoms with van der Waals surface area (Å²) in [6, 6.07) is 8.69. The molecule has 0 unspecified atom stereocenters. The molecule has 6 rings (SSSR count). The number of aliphatic hydroxyl groups excluding tert-OH is 1. The standard InChI is InChI=1S/C25H29N5O4S/c1-16-3-4-19(35(32,33)30-24-6-8-25(14-31,9-7-24)34-15-24)12-20(16)21-13-28-23(26)22(29-21)18-5-10-27-17(2)11-18/h3-5,10-13,30-31H,6-9,14-15H2,1-2H3,(H2,26,28). The van der Waals surface area contributed by atoms with Crippen LogP contribution in [0, 0.1) is 13.8 Å². The molecule has 9 nitrogen and oxygen atoms in total. The molecule has 10 heteroatoms. The third-order valence-corrected chi connectivity index (χ3v) is 8.75. The summed E-state index contributed by atoms with van der Waals surface area (Å²) in [7, 11) is -3.83. The second kappa shape index (κ2) is 8.63. The van der Waals surface area contributed by atoms with E-state index in [0.717, 1.165) is 16.8 Å². The second-order valence-corrected chi connectivity index (χ2v) is 11.3. The van der Waals surface area contributed by atoms with E-state index >= 15 is 0 Å². The first-order chi connectivity index (χ1) is 16.6. The largest absolute Gasteiger partial charge is 0.393 e. The predicted molar refractivity (Wildman–Crippen MR) is 132 cm³/mol. The van der Waals surface area contributed by atoms with Crippen molar-refractivity contribution in [1.29, 1.82) is 0 Å². The van der Waals surface area contributed by atoms with Crippen molar-refractivity contribution in [3.8, 4) is 22.5 Å². The van der Waals surface area contributed by atoms with Gasteiger partial charge in [0.2, 0.25) is 10.0 Å². The zero-order chi connectivity index (χ0) is 24.8. The molecule has 0 spiro atoms. The van der Waals surface area contributed by atoms with Gasteiger partial charge in [0, 0.05) is 23.0 Å². The zero-order valence-electron chi connectivity index (χ0n) is 19.8. The van der Waals surface area contributed by atoms with Crippen LogP contribution < -0.4 is 10.5 Å². The Morgan fingerprint density at radius 2 is 1.89 bits per heavy atom. The second-order valence-electron chi connectivity index (χ2n) is 9.67. The summed E-state index contributed by atoms with van der Waals surface area (Å²) in [4.78, 5) is 13.4. The van der Waals surface area contributed by atoms with Gasteiger partial charge in [-0.1, -0.05) is 6.07 Å². The maximum atomic E-state index is 13.4. The normalized spacial score (nSPS) is 24.0. The van der Waals surface area contributed by atoms with Crippen LogP contribution in [0.15, 0.2) is 47.6 Å². The summed E-state index contributed by atoms with van der Waals surface area (Å²) in [5, 5.41) is 9.66. The first-order valence-electron chi connectivity index (χ1n) is 11.6. The Kier molecular flexibility index (Phi) is 5.87. The Hall–Kier alpha value is -2.92. The highest BCUT2D eigenvalue weighted by molar-refractivity contribution is 7.89. The summed E-state index contributed by atoms with van der Waals surface area (Å²) >= 11 is 0. The Bertz CT molecular complexity index is 1370. The summed E-state index contributed by atoms with van der Waals surface area (Å²) in [5.74, 6) is 0.287. The van der Waals surface area contributed by atoms with Crippen molar-refractivity contribution in [1.82, 2.24) is 19.7 Å². The fourth-order valence-corrected chi connectivity index (χ4v) is 6.39. The summed E-state index contributed by atoms with van der Waals surface area (Å²) in [6.07, 6.45) is 5.76. The third-order valence-electron chi connectivity index (χ3n) is 7.18. The average molecular weight is 496 g/mol. The number of sulfonamides is 1. The fraction of sp³-hybridized carbons (Fsp3) is 0.400. The van der Waals surface area contributed by atoms with Crippen LogP contribution in [0.25, 0.3) is 22.5 Å². The molecule has 35 heavy (non-hydrogen) atoms.